The second-order valence-corrected chi connectivity index (χ2v) is 8.44. The number of nitrogens with zero attached hydrogens (tertiary/aromatic N) is 1. The lowest BCUT2D eigenvalue weighted by molar-refractivity contribution is -0.128. The fourth-order valence-corrected chi connectivity index (χ4v) is 4.79. The zero-order chi connectivity index (χ0) is 19.9. The van der Waals surface area contributed by atoms with Crippen LogP contribution >= 0.6 is 0 Å². The Bertz CT molecular complexity index is 772. The van der Waals surface area contributed by atoms with Crippen LogP contribution in [0.1, 0.15) is 43.2 Å². The standard InChI is InChI=1S/C25H32N2O2/c28-24(23-13-7-8-16-27(23)19-21-9-3-1-4-10-21)26-20-25(14-17-29-18-15-25)22-11-5-2-6-12-22/h1-6,9-12,23H,7-8,13-20H2,(H,26,28). The molecule has 1 N–H and O–H groups in total. The molecule has 2 heterocycles. The Morgan fingerprint density at radius 1 is 1.00 bits per heavy atom. The van der Waals surface area contributed by atoms with Crippen LogP contribution < -0.4 is 5.32 Å². The number of carbonyl (C=O) groups excluding carboxylic acids is 1. The van der Waals surface area contributed by atoms with E-state index >= 15 is 0 Å². The molecule has 0 spiro atoms. The first-order chi connectivity index (χ1) is 14.3. The highest BCUT2D eigenvalue weighted by Gasteiger charge is 2.36. The van der Waals surface area contributed by atoms with Gasteiger partial charge in [-0.15, -0.1) is 0 Å². The number of amides is 1. The van der Waals surface area contributed by atoms with Crippen molar-refractivity contribution in [3.8, 4) is 0 Å². The molecule has 2 aliphatic heterocycles. The molecule has 4 heteroatoms. The Labute approximate surface area is 174 Å². The first-order valence-electron chi connectivity index (χ1n) is 11.0. The number of rotatable bonds is 6. The Kier molecular flexibility index (Phi) is 6.63. The van der Waals surface area contributed by atoms with Gasteiger partial charge in [0.05, 0.1) is 6.04 Å². The highest BCUT2D eigenvalue weighted by molar-refractivity contribution is 5.82. The van der Waals surface area contributed by atoms with Gasteiger partial charge in [-0.2, -0.15) is 0 Å². The van der Waals surface area contributed by atoms with Gasteiger partial charge >= 0.3 is 0 Å². The summed E-state index contributed by atoms with van der Waals surface area (Å²) < 4.78 is 5.63. The van der Waals surface area contributed by atoms with E-state index < -0.39 is 0 Å². The third-order valence-corrected chi connectivity index (χ3v) is 6.58. The molecule has 1 unspecified atom stereocenters. The molecule has 2 aliphatic rings. The lowest BCUT2D eigenvalue weighted by Gasteiger charge is -2.39. The second kappa shape index (κ2) is 9.55. The van der Waals surface area contributed by atoms with E-state index in [1.54, 1.807) is 0 Å². The summed E-state index contributed by atoms with van der Waals surface area (Å²) >= 11 is 0. The van der Waals surface area contributed by atoms with Gasteiger partial charge in [-0.05, 0) is 43.4 Å². The average molecular weight is 393 g/mol. The van der Waals surface area contributed by atoms with Gasteiger partial charge in [0.2, 0.25) is 5.91 Å². The molecule has 0 saturated carbocycles. The van der Waals surface area contributed by atoms with Crippen LogP contribution in [0.25, 0.3) is 0 Å². The predicted octanol–water partition coefficient (Wildman–Crippen LogP) is 3.91. The monoisotopic (exact) mass is 392 g/mol. The first-order valence-corrected chi connectivity index (χ1v) is 11.0. The molecule has 4 rings (SSSR count). The van der Waals surface area contributed by atoms with Crippen LogP contribution in [0.2, 0.25) is 0 Å². The average Bonchev–Trinajstić information content (AvgIpc) is 2.80. The first kappa shape index (κ1) is 20.1. The normalized spacial score (nSPS) is 22.1. The van der Waals surface area contributed by atoms with Crippen LogP contribution in [0.15, 0.2) is 60.7 Å². The van der Waals surface area contributed by atoms with Gasteiger partial charge in [-0.25, -0.2) is 0 Å². The van der Waals surface area contributed by atoms with Crippen molar-refractivity contribution in [1.29, 1.82) is 0 Å². The van der Waals surface area contributed by atoms with E-state index in [1.807, 2.05) is 6.07 Å². The van der Waals surface area contributed by atoms with Crippen molar-refractivity contribution < 1.29 is 9.53 Å². The molecule has 154 valence electrons. The molecular formula is C25H32N2O2. The number of hydrogen-bond donors (Lipinski definition) is 1. The molecule has 0 bridgehead atoms. The number of benzene rings is 2. The molecule has 0 aliphatic carbocycles. The Morgan fingerprint density at radius 3 is 2.41 bits per heavy atom. The summed E-state index contributed by atoms with van der Waals surface area (Å²) in [5.74, 6) is 0.183. The summed E-state index contributed by atoms with van der Waals surface area (Å²) in [6.45, 7) is 4.04. The highest BCUT2D eigenvalue weighted by Crippen LogP contribution is 2.34. The minimum atomic E-state index is -0.0309. The van der Waals surface area contributed by atoms with Crippen molar-refractivity contribution in [3.63, 3.8) is 0 Å². The number of ether oxygens (including phenoxy) is 1. The summed E-state index contributed by atoms with van der Waals surface area (Å²) in [7, 11) is 0. The minimum absolute atomic E-state index is 0.0197. The molecule has 0 radical (unpaired) electrons. The molecule has 2 fully saturated rings. The largest absolute Gasteiger partial charge is 0.381 e. The second-order valence-electron chi connectivity index (χ2n) is 8.44. The van der Waals surface area contributed by atoms with Crippen LogP contribution in [0.4, 0.5) is 0 Å². The Morgan fingerprint density at radius 2 is 1.69 bits per heavy atom. The molecule has 1 atom stereocenters. The number of likely N-dealkylation sites (tertiary alicyclic amines) is 1. The topological polar surface area (TPSA) is 41.6 Å². The van der Waals surface area contributed by atoms with Crippen LogP contribution in [0, 0.1) is 0 Å². The maximum atomic E-state index is 13.2. The fraction of sp³-hybridized carbons (Fsp3) is 0.480. The van der Waals surface area contributed by atoms with E-state index in [4.69, 9.17) is 4.74 Å². The van der Waals surface area contributed by atoms with E-state index in [9.17, 15) is 4.79 Å². The fourth-order valence-electron chi connectivity index (χ4n) is 4.79. The number of nitrogens with one attached hydrogen (secondary N) is 1. The lowest BCUT2D eigenvalue weighted by atomic mass is 9.74. The van der Waals surface area contributed by atoms with Crippen LogP contribution in [-0.2, 0) is 21.5 Å². The van der Waals surface area contributed by atoms with Crippen molar-refractivity contribution in [2.24, 2.45) is 0 Å². The van der Waals surface area contributed by atoms with Gasteiger partial charge < -0.3 is 10.1 Å². The van der Waals surface area contributed by atoms with Gasteiger partial charge in [0.25, 0.3) is 0 Å². The molecular weight excluding hydrogens is 360 g/mol. The molecule has 1 amide bonds. The van der Waals surface area contributed by atoms with Gasteiger partial charge in [-0.1, -0.05) is 67.1 Å². The third-order valence-electron chi connectivity index (χ3n) is 6.58. The van der Waals surface area contributed by atoms with Crippen molar-refractivity contribution in [1.82, 2.24) is 10.2 Å². The van der Waals surface area contributed by atoms with E-state index in [2.05, 4.69) is 64.8 Å². The zero-order valence-corrected chi connectivity index (χ0v) is 17.2. The summed E-state index contributed by atoms with van der Waals surface area (Å²) in [6, 6.07) is 21.1. The molecule has 2 aromatic rings. The minimum Gasteiger partial charge on any atom is -0.381 e. The number of hydrogen-bond acceptors (Lipinski definition) is 3. The molecule has 29 heavy (non-hydrogen) atoms. The zero-order valence-electron chi connectivity index (χ0n) is 17.2. The van der Waals surface area contributed by atoms with Gasteiger partial charge in [-0.3, -0.25) is 9.69 Å². The maximum Gasteiger partial charge on any atom is 0.237 e. The maximum absolute atomic E-state index is 13.2. The Hall–Kier alpha value is -2.17. The van der Waals surface area contributed by atoms with Crippen molar-refractivity contribution in [3.05, 3.63) is 71.8 Å². The predicted molar refractivity (Wildman–Crippen MR) is 116 cm³/mol. The molecule has 0 aromatic heterocycles. The van der Waals surface area contributed by atoms with Crippen molar-refractivity contribution >= 4 is 5.91 Å². The Balaban J connectivity index is 1.44. The SMILES string of the molecule is O=C(NCC1(c2ccccc2)CCOCC1)C1CCCCN1Cc1ccccc1. The number of carbonyl (C=O) groups is 1. The van der Waals surface area contributed by atoms with Crippen molar-refractivity contribution in [2.75, 3.05) is 26.3 Å². The number of piperidine rings is 1. The van der Waals surface area contributed by atoms with Crippen LogP contribution in [-0.4, -0.2) is 43.2 Å². The van der Waals surface area contributed by atoms with E-state index in [0.717, 1.165) is 52.0 Å². The van der Waals surface area contributed by atoms with Gasteiger partial charge in [0, 0.05) is 31.7 Å². The van der Waals surface area contributed by atoms with Crippen LogP contribution in [0.3, 0.4) is 0 Å². The smallest absolute Gasteiger partial charge is 0.237 e. The van der Waals surface area contributed by atoms with E-state index in [1.165, 1.54) is 17.5 Å². The highest BCUT2D eigenvalue weighted by atomic mass is 16.5. The molecule has 2 aromatic carbocycles. The van der Waals surface area contributed by atoms with Crippen LogP contribution in [0.5, 0.6) is 0 Å². The molecule has 4 nitrogen and oxygen atoms in total. The third kappa shape index (κ3) is 4.88. The summed E-state index contributed by atoms with van der Waals surface area (Å²) in [5.41, 5.74) is 2.57. The summed E-state index contributed by atoms with van der Waals surface area (Å²) in [6.07, 6.45) is 5.15. The summed E-state index contributed by atoms with van der Waals surface area (Å²) in [4.78, 5) is 15.6. The lowest BCUT2D eigenvalue weighted by Crippen LogP contribution is -2.52. The van der Waals surface area contributed by atoms with Gasteiger partial charge in [0.1, 0.15) is 0 Å². The van der Waals surface area contributed by atoms with E-state index in [0.29, 0.717) is 6.54 Å². The summed E-state index contributed by atoms with van der Waals surface area (Å²) in [5, 5.41) is 3.34. The molecule has 2 saturated heterocycles. The quantitative estimate of drug-likeness (QED) is 0.811. The van der Waals surface area contributed by atoms with Crippen molar-refractivity contribution in [2.45, 2.75) is 50.1 Å². The van der Waals surface area contributed by atoms with E-state index in [-0.39, 0.29) is 17.4 Å². The van der Waals surface area contributed by atoms with Gasteiger partial charge in [0.15, 0.2) is 0 Å².